The Morgan fingerprint density at radius 1 is 1.10 bits per heavy atom. The van der Waals surface area contributed by atoms with Crippen molar-refractivity contribution < 1.29 is 9.59 Å². The van der Waals surface area contributed by atoms with Crippen molar-refractivity contribution in [1.82, 2.24) is 9.78 Å². The number of carbonyl (C=O) groups excluding carboxylic acids is 2. The molecule has 29 heavy (non-hydrogen) atoms. The maximum absolute atomic E-state index is 13.3. The Morgan fingerprint density at radius 3 is 2.48 bits per heavy atom. The predicted molar refractivity (Wildman–Crippen MR) is 114 cm³/mol. The second kappa shape index (κ2) is 7.32. The predicted octanol–water partition coefficient (Wildman–Crippen LogP) is 4.67. The molecular weight excluding hydrogens is 362 g/mol. The third-order valence-corrected chi connectivity index (χ3v) is 5.80. The molecule has 3 aromatic rings. The van der Waals surface area contributed by atoms with Gasteiger partial charge in [0.15, 0.2) is 5.78 Å². The van der Waals surface area contributed by atoms with Crippen LogP contribution in [0.25, 0.3) is 5.69 Å². The van der Waals surface area contributed by atoms with Crippen LogP contribution >= 0.6 is 0 Å². The van der Waals surface area contributed by atoms with Gasteiger partial charge in [0.05, 0.1) is 17.3 Å². The standard InChI is InChI=1S/C24H25N3O2/c1-5-17-7-10-19(11-8-17)27-24-22(16(4)26-27)20(13-21(28)25-24)23(29)18-9-6-14(2)15(3)12-18/h6-12,20H,5,13H2,1-4H3,(H,25,28). The molecule has 5 nitrogen and oxygen atoms in total. The van der Waals surface area contributed by atoms with Crippen LogP contribution in [0.5, 0.6) is 0 Å². The molecule has 1 unspecified atom stereocenters. The SMILES string of the molecule is CCc1ccc(-n2nc(C)c3c2NC(=O)CC3C(=O)c2ccc(C)c(C)c2)cc1. The van der Waals surface area contributed by atoms with Crippen LogP contribution in [0.1, 0.15) is 57.6 Å². The van der Waals surface area contributed by atoms with E-state index in [9.17, 15) is 9.59 Å². The number of nitrogens with zero attached hydrogens (tertiary/aromatic N) is 2. The number of aromatic nitrogens is 2. The zero-order valence-electron chi connectivity index (χ0n) is 17.2. The molecule has 5 heteroatoms. The summed E-state index contributed by atoms with van der Waals surface area (Å²) in [6.45, 7) is 8.02. The van der Waals surface area contributed by atoms with E-state index in [1.807, 2.05) is 51.1 Å². The van der Waals surface area contributed by atoms with Crippen molar-refractivity contribution in [1.29, 1.82) is 0 Å². The normalized spacial score (nSPS) is 15.7. The van der Waals surface area contributed by atoms with E-state index in [0.29, 0.717) is 11.4 Å². The summed E-state index contributed by atoms with van der Waals surface area (Å²) in [5.74, 6) is -0.117. The maximum atomic E-state index is 13.3. The van der Waals surface area contributed by atoms with Crippen LogP contribution in [0, 0.1) is 20.8 Å². The van der Waals surface area contributed by atoms with Crippen LogP contribution in [0.15, 0.2) is 42.5 Å². The third kappa shape index (κ3) is 3.37. The van der Waals surface area contributed by atoms with Crippen molar-refractivity contribution in [3.63, 3.8) is 0 Å². The average Bonchev–Trinajstić information content (AvgIpc) is 3.05. The first-order valence-electron chi connectivity index (χ1n) is 9.99. The number of amides is 1. The Kier molecular flexibility index (Phi) is 4.82. The zero-order valence-corrected chi connectivity index (χ0v) is 17.2. The summed E-state index contributed by atoms with van der Waals surface area (Å²) in [7, 11) is 0. The number of anilines is 1. The van der Waals surface area contributed by atoms with Gasteiger partial charge in [-0.3, -0.25) is 9.59 Å². The number of ketones is 1. The monoisotopic (exact) mass is 387 g/mol. The number of hydrogen-bond donors (Lipinski definition) is 1. The minimum Gasteiger partial charge on any atom is -0.310 e. The summed E-state index contributed by atoms with van der Waals surface area (Å²) in [6, 6.07) is 13.8. The molecule has 2 heterocycles. The molecule has 1 aliphatic rings. The Bertz CT molecular complexity index is 1110. The molecular formula is C24H25N3O2. The summed E-state index contributed by atoms with van der Waals surface area (Å²) in [5.41, 5.74) is 6.53. The second-order valence-electron chi connectivity index (χ2n) is 7.75. The largest absolute Gasteiger partial charge is 0.310 e. The quantitative estimate of drug-likeness (QED) is 0.662. The molecule has 0 saturated heterocycles. The molecule has 0 fully saturated rings. The topological polar surface area (TPSA) is 64.0 Å². The number of carbonyl (C=O) groups is 2. The van der Waals surface area contributed by atoms with E-state index in [1.54, 1.807) is 4.68 Å². The van der Waals surface area contributed by atoms with Gasteiger partial charge in [-0.05, 0) is 62.1 Å². The van der Waals surface area contributed by atoms with Crippen molar-refractivity contribution in [2.75, 3.05) is 5.32 Å². The van der Waals surface area contributed by atoms with Gasteiger partial charge in [-0.25, -0.2) is 4.68 Å². The molecule has 4 rings (SSSR count). The van der Waals surface area contributed by atoms with Crippen molar-refractivity contribution in [3.05, 3.63) is 76.0 Å². The highest BCUT2D eigenvalue weighted by atomic mass is 16.2. The highest BCUT2D eigenvalue weighted by Crippen LogP contribution is 2.38. The van der Waals surface area contributed by atoms with Gasteiger partial charge < -0.3 is 5.32 Å². The first kappa shape index (κ1) is 19.1. The van der Waals surface area contributed by atoms with E-state index >= 15 is 0 Å². The minimum absolute atomic E-state index is 0.0341. The number of nitrogens with one attached hydrogen (secondary N) is 1. The Morgan fingerprint density at radius 2 is 1.83 bits per heavy atom. The van der Waals surface area contributed by atoms with Gasteiger partial charge in [-0.1, -0.05) is 31.2 Å². The summed E-state index contributed by atoms with van der Waals surface area (Å²) >= 11 is 0. The van der Waals surface area contributed by atoms with Gasteiger partial charge in [0.2, 0.25) is 5.91 Å². The Labute approximate surface area is 170 Å². The van der Waals surface area contributed by atoms with Gasteiger partial charge in [0.25, 0.3) is 0 Å². The van der Waals surface area contributed by atoms with Crippen LogP contribution in [0.3, 0.4) is 0 Å². The first-order chi connectivity index (χ1) is 13.9. The fraction of sp³-hybridized carbons (Fsp3) is 0.292. The van der Waals surface area contributed by atoms with Gasteiger partial charge >= 0.3 is 0 Å². The van der Waals surface area contributed by atoms with Crippen LogP contribution in [-0.2, 0) is 11.2 Å². The molecule has 1 aliphatic heterocycles. The van der Waals surface area contributed by atoms with Crippen molar-refractivity contribution in [2.24, 2.45) is 0 Å². The lowest BCUT2D eigenvalue weighted by atomic mass is 9.85. The van der Waals surface area contributed by atoms with Gasteiger partial charge in [0, 0.05) is 17.5 Å². The number of benzene rings is 2. The number of fused-ring (bicyclic) bond motifs is 1. The zero-order chi connectivity index (χ0) is 20.7. The van der Waals surface area contributed by atoms with E-state index < -0.39 is 5.92 Å². The van der Waals surface area contributed by atoms with E-state index in [4.69, 9.17) is 0 Å². The van der Waals surface area contributed by atoms with E-state index in [1.165, 1.54) is 5.56 Å². The summed E-state index contributed by atoms with van der Waals surface area (Å²) < 4.78 is 1.74. The molecule has 1 amide bonds. The average molecular weight is 387 g/mol. The maximum Gasteiger partial charge on any atom is 0.226 e. The lowest BCUT2D eigenvalue weighted by Gasteiger charge is -2.23. The molecule has 0 saturated carbocycles. The van der Waals surface area contributed by atoms with Gasteiger partial charge in [0.1, 0.15) is 5.82 Å². The minimum atomic E-state index is -0.524. The molecule has 1 atom stereocenters. The molecule has 1 aromatic heterocycles. The number of rotatable bonds is 4. The van der Waals surface area contributed by atoms with Crippen LogP contribution in [0.2, 0.25) is 0 Å². The number of aryl methyl sites for hydroxylation is 4. The van der Waals surface area contributed by atoms with E-state index in [2.05, 4.69) is 29.5 Å². The van der Waals surface area contributed by atoms with Crippen LogP contribution < -0.4 is 5.32 Å². The molecule has 1 N–H and O–H groups in total. The lowest BCUT2D eigenvalue weighted by molar-refractivity contribution is -0.116. The number of Topliss-reactive ketones (excluding diaryl/α,β-unsaturated/α-hetero) is 1. The van der Waals surface area contributed by atoms with Crippen molar-refractivity contribution >= 4 is 17.5 Å². The fourth-order valence-corrected chi connectivity index (χ4v) is 3.93. The van der Waals surface area contributed by atoms with Gasteiger partial charge in [-0.2, -0.15) is 5.10 Å². The number of hydrogen-bond acceptors (Lipinski definition) is 3. The third-order valence-electron chi connectivity index (χ3n) is 5.80. The Hall–Kier alpha value is -3.21. The summed E-state index contributed by atoms with van der Waals surface area (Å²) in [4.78, 5) is 25.8. The highest BCUT2D eigenvalue weighted by molar-refractivity contribution is 6.08. The summed E-state index contributed by atoms with van der Waals surface area (Å²) in [6.07, 6.45) is 1.10. The Balaban J connectivity index is 1.78. The van der Waals surface area contributed by atoms with Crippen LogP contribution in [0.4, 0.5) is 5.82 Å². The van der Waals surface area contributed by atoms with Crippen molar-refractivity contribution in [2.45, 2.75) is 46.5 Å². The highest BCUT2D eigenvalue weighted by Gasteiger charge is 2.36. The molecule has 0 spiro atoms. The molecule has 0 aliphatic carbocycles. The smallest absolute Gasteiger partial charge is 0.226 e. The van der Waals surface area contributed by atoms with E-state index in [0.717, 1.165) is 34.5 Å². The second-order valence-corrected chi connectivity index (χ2v) is 7.75. The molecule has 0 radical (unpaired) electrons. The first-order valence-corrected chi connectivity index (χ1v) is 9.99. The molecule has 148 valence electrons. The molecule has 0 bridgehead atoms. The van der Waals surface area contributed by atoms with Crippen LogP contribution in [-0.4, -0.2) is 21.5 Å². The van der Waals surface area contributed by atoms with E-state index in [-0.39, 0.29) is 18.1 Å². The fourth-order valence-electron chi connectivity index (χ4n) is 3.93. The van der Waals surface area contributed by atoms with Crippen molar-refractivity contribution in [3.8, 4) is 5.69 Å². The summed E-state index contributed by atoms with van der Waals surface area (Å²) in [5, 5.41) is 7.60. The van der Waals surface area contributed by atoms with Gasteiger partial charge in [-0.15, -0.1) is 0 Å². The lowest BCUT2D eigenvalue weighted by Crippen LogP contribution is -2.28. The molecule has 2 aromatic carbocycles.